The molecule has 64 valence electrons. The third kappa shape index (κ3) is 1.65. The normalized spacial score (nSPS) is 9.75. The molecular formula is C6H6N2O3S. The Bertz CT molecular complexity index is 316. The molecule has 6 heteroatoms. The first-order chi connectivity index (χ1) is 5.65. The van der Waals surface area contributed by atoms with Crippen LogP contribution in [0.25, 0.3) is 0 Å². The van der Waals surface area contributed by atoms with Crippen LogP contribution in [0.4, 0.5) is 5.69 Å². The summed E-state index contributed by atoms with van der Waals surface area (Å²) in [5, 5.41) is 21.1. The standard InChI is InChI=1S/C6H6N2O3S/c1-12-6-4-7(9)3-2-5(6)8(10)11/h2-4H,1H3. The van der Waals surface area contributed by atoms with E-state index in [1.165, 1.54) is 24.0 Å². The van der Waals surface area contributed by atoms with Gasteiger partial charge in [0.25, 0.3) is 5.69 Å². The van der Waals surface area contributed by atoms with Crippen molar-refractivity contribution in [2.24, 2.45) is 0 Å². The molecule has 0 saturated carbocycles. The van der Waals surface area contributed by atoms with Gasteiger partial charge in [0, 0.05) is 0 Å². The van der Waals surface area contributed by atoms with Gasteiger partial charge in [0.1, 0.15) is 0 Å². The Morgan fingerprint density at radius 2 is 2.33 bits per heavy atom. The van der Waals surface area contributed by atoms with E-state index in [0.29, 0.717) is 9.63 Å². The van der Waals surface area contributed by atoms with Crippen LogP contribution in [0.2, 0.25) is 0 Å². The van der Waals surface area contributed by atoms with Crippen LogP contribution in [0.15, 0.2) is 23.4 Å². The third-order valence-corrected chi connectivity index (χ3v) is 2.05. The molecule has 0 N–H and O–H groups in total. The molecule has 0 aromatic carbocycles. The first kappa shape index (κ1) is 8.79. The zero-order chi connectivity index (χ0) is 9.14. The summed E-state index contributed by atoms with van der Waals surface area (Å²) in [6, 6.07) is 1.19. The molecule has 0 bridgehead atoms. The minimum absolute atomic E-state index is 0.0328. The lowest BCUT2D eigenvalue weighted by Gasteiger charge is -1.98. The van der Waals surface area contributed by atoms with Crippen molar-refractivity contribution in [2.45, 2.75) is 4.90 Å². The van der Waals surface area contributed by atoms with E-state index in [2.05, 4.69) is 0 Å². The van der Waals surface area contributed by atoms with Gasteiger partial charge in [0.15, 0.2) is 11.1 Å². The summed E-state index contributed by atoms with van der Waals surface area (Å²) in [6.45, 7) is 0. The number of rotatable bonds is 2. The molecule has 0 radical (unpaired) electrons. The van der Waals surface area contributed by atoms with E-state index < -0.39 is 4.92 Å². The van der Waals surface area contributed by atoms with Crippen LogP contribution in [0, 0.1) is 15.3 Å². The van der Waals surface area contributed by atoms with Gasteiger partial charge in [0.05, 0.1) is 11.0 Å². The smallest absolute Gasteiger partial charge is 0.295 e. The molecule has 0 spiro atoms. The van der Waals surface area contributed by atoms with Crippen LogP contribution in [-0.4, -0.2) is 11.2 Å². The van der Waals surface area contributed by atoms with E-state index in [-0.39, 0.29) is 5.69 Å². The molecule has 0 amide bonds. The van der Waals surface area contributed by atoms with Crippen molar-refractivity contribution in [3.63, 3.8) is 0 Å². The fourth-order valence-corrected chi connectivity index (χ4v) is 1.32. The highest BCUT2D eigenvalue weighted by molar-refractivity contribution is 7.98. The molecule has 1 rings (SSSR count). The van der Waals surface area contributed by atoms with Crippen LogP contribution in [-0.2, 0) is 0 Å². The number of pyridine rings is 1. The summed E-state index contributed by atoms with van der Waals surface area (Å²) in [4.78, 5) is 10.2. The lowest BCUT2D eigenvalue weighted by molar-refractivity contribution is -0.608. The SMILES string of the molecule is CSc1c[n+]([O-])ccc1[N+](=O)[O-]. The van der Waals surface area contributed by atoms with E-state index in [1.54, 1.807) is 6.26 Å². The molecule has 1 aromatic rings. The van der Waals surface area contributed by atoms with Gasteiger partial charge in [-0.05, 0) is 6.26 Å². The maximum Gasteiger partial charge on any atom is 0.295 e. The summed E-state index contributed by atoms with van der Waals surface area (Å²) in [5.41, 5.74) is -0.0328. The second-order valence-corrected chi connectivity index (χ2v) is 2.86. The van der Waals surface area contributed by atoms with E-state index >= 15 is 0 Å². The highest BCUT2D eigenvalue weighted by atomic mass is 32.2. The summed E-state index contributed by atoms with van der Waals surface area (Å²) < 4.78 is 0.541. The molecule has 0 aliphatic heterocycles. The quantitative estimate of drug-likeness (QED) is 0.227. The number of hydrogen-bond donors (Lipinski definition) is 0. The van der Waals surface area contributed by atoms with Crippen LogP contribution < -0.4 is 4.73 Å². The Labute approximate surface area is 72.8 Å². The highest BCUT2D eigenvalue weighted by Gasteiger charge is 2.15. The minimum atomic E-state index is -0.508. The Balaban J connectivity index is 3.20. The second kappa shape index (κ2) is 3.40. The Morgan fingerprint density at radius 3 is 2.83 bits per heavy atom. The third-order valence-electron chi connectivity index (χ3n) is 1.29. The lowest BCUT2D eigenvalue weighted by Crippen LogP contribution is -2.24. The van der Waals surface area contributed by atoms with Crippen molar-refractivity contribution in [1.29, 1.82) is 0 Å². The van der Waals surface area contributed by atoms with Gasteiger partial charge in [-0.15, -0.1) is 11.8 Å². The monoisotopic (exact) mass is 186 g/mol. The maximum atomic E-state index is 10.7. The van der Waals surface area contributed by atoms with Crippen LogP contribution in [0.3, 0.4) is 0 Å². The van der Waals surface area contributed by atoms with Crippen molar-refractivity contribution >= 4 is 17.4 Å². The van der Waals surface area contributed by atoms with Gasteiger partial charge in [-0.25, -0.2) is 0 Å². The van der Waals surface area contributed by atoms with Gasteiger partial charge in [0.2, 0.25) is 6.20 Å². The fourth-order valence-electron chi connectivity index (χ4n) is 0.759. The molecule has 0 saturated heterocycles. The van der Waals surface area contributed by atoms with Crippen LogP contribution in [0.5, 0.6) is 0 Å². The topological polar surface area (TPSA) is 70.1 Å². The summed E-state index contributed by atoms with van der Waals surface area (Å²) in [7, 11) is 0. The molecule has 12 heavy (non-hydrogen) atoms. The molecular weight excluding hydrogens is 180 g/mol. The first-order valence-corrected chi connectivity index (χ1v) is 4.29. The second-order valence-electron chi connectivity index (χ2n) is 2.02. The summed E-state index contributed by atoms with van der Waals surface area (Å²) >= 11 is 1.18. The van der Waals surface area contributed by atoms with Crippen molar-refractivity contribution in [2.75, 3.05) is 6.26 Å². The molecule has 1 heterocycles. The van der Waals surface area contributed by atoms with Gasteiger partial charge in [-0.3, -0.25) is 10.1 Å². The maximum absolute atomic E-state index is 10.7. The van der Waals surface area contributed by atoms with Crippen LogP contribution in [0.1, 0.15) is 0 Å². The number of nitro groups is 1. The first-order valence-electron chi connectivity index (χ1n) is 3.06. The average molecular weight is 186 g/mol. The largest absolute Gasteiger partial charge is 0.619 e. The Hall–Kier alpha value is -1.30. The number of thioether (sulfide) groups is 1. The zero-order valence-electron chi connectivity index (χ0n) is 6.26. The van der Waals surface area contributed by atoms with Gasteiger partial charge >= 0.3 is 0 Å². The predicted octanol–water partition coefficient (Wildman–Crippen LogP) is 0.950. The summed E-state index contributed by atoms with van der Waals surface area (Å²) in [5.74, 6) is 0. The number of aromatic nitrogens is 1. The van der Waals surface area contributed by atoms with E-state index in [0.717, 1.165) is 6.20 Å². The van der Waals surface area contributed by atoms with Crippen molar-refractivity contribution < 1.29 is 9.65 Å². The van der Waals surface area contributed by atoms with Crippen molar-refractivity contribution in [3.05, 3.63) is 33.8 Å². The van der Waals surface area contributed by atoms with Gasteiger partial charge in [-0.1, -0.05) is 0 Å². The number of nitrogens with zero attached hydrogens (tertiary/aromatic N) is 2. The van der Waals surface area contributed by atoms with Gasteiger partial charge in [-0.2, -0.15) is 4.73 Å². The highest BCUT2D eigenvalue weighted by Crippen LogP contribution is 2.24. The molecule has 0 aliphatic rings. The molecule has 5 nitrogen and oxygen atoms in total. The van der Waals surface area contributed by atoms with Gasteiger partial charge < -0.3 is 5.21 Å². The molecule has 0 unspecified atom stereocenters. The average Bonchev–Trinajstić information content (AvgIpc) is 2.03. The zero-order valence-corrected chi connectivity index (χ0v) is 7.08. The van der Waals surface area contributed by atoms with E-state index in [9.17, 15) is 15.3 Å². The van der Waals surface area contributed by atoms with E-state index in [1.807, 2.05) is 0 Å². The minimum Gasteiger partial charge on any atom is -0.619 e. The Morgan fingerprint density at radius 1 is 1.67 bits per heavy atom. The predicted molar refractivity (Wildman–Crippen MR) is 43.8 cm³/mol. The van der Waals surface area contributed by atoms with Crippen LogP contribution >= 0.6 is 11.8 Å². The van der Waals surface area contributed by atoms with Crippen molar-refractivity contribution in [1.82, 2.24) is 0 Å². The van der Waals surface area contributed by atoms with E-state index in [4.69, 9.17) is 0 Å². The Kier molecular flexibility index (Phi) is 2.49. The lowest BCUT2D eigenvalue weighted by atomic mass is 10.4. The molecule has 0 atom stereocenters. The summed E-state index contributed by atoms with van der Waals surface area (Å²) in [6.07, 6.45) is 3.98. The van der Waals surface area contributed by atoms with Crippen molar-refractivity contribution in [3.8, 4) is 0 Å². The molecule has 1 aromatic heterocycles. The fraction of sp³-hybridized carbons (Fsp3) is 0.167. The molecule has 0 fully saturated rings. The number of hydrogen-bond acceptors (Lipinski definition) is 4. The molecule has 0 aliphatic carbocycles.